The fraction of sp³-hybridized carbons (Fsp3) is 0.391. The highest BCUT2D eigenvalue weighted by molar-refractivity contribution is 7.92. The second kappa shape index (κ2) is 11.1. The SMILES string of the molecule is CC[C@H](C)NC(=O)[C@@H](C)N(Cc1ccccc1F)C(=O)CN(c1ccccc1)S(C)(=O)=O. The van der Waals surface area contributed by atoms with Gasteiger partial charge in [-0.2, -0.15) is 0 Å². The Bertz CT molecular complexity index is 1030. The molecule has 0 aliphatic carbocycles. The summed E-state index contributed by atoms with van der Waals surface area (Å²) in [5.74, 6) is -1.52. The Morgan fingerprint density at radius 3 is 2.19 bits per heavy atom. The fourth-order valence-corrected chi connectivity index (χ4v) is 3.92. The van der Waals surface area contributed by atoms with Gasteiger partial charge in [-0.05, 0) is 38.5 Å². The standard InChI is InChI=1S/C23H30FN3O4S/c1-5-17(2)25-23(29)18(3)26(15-19-11-9-10-14-21(19)24)22(28)16-27(32(4,30)31)20-12-7-6-8-13-20/h6-14,17-18H,5,15-16H2,1-4H3,(H,25,29)/t17-,18+/m0/s1. The minimum atomic E-state index is -3.79. The van der Waals surface area contributed by atoms with E-state index in [0.717, 1.165) is 10.6 Å². The number of carbonyl (C=O) groups is 2. The molecule has 9 heteroatoms. The van der Waals surface area contributed by atoms with Crippen molar-refractivity contribution in [2.75, 3.05) is 17.1 Å². The van der Waals surface area contributed by atoms with Gasteiger partial charge in [-0.3, -0.25) is 13.9 Å². The van der Waals surface area contributed by atoms with Crippen molar-refractivity contribution in [3.05, 3.63) is 66.0 Å². The molecular weight excluding hydrogens is 433 g/mol. The number of amides is 2. The van der Waals surface area contributed by atoms with Gasteiger partial charge >= 0.3 is 0 Å². The number of hydrogen-bond donors (Lipinski definition) is 1. The third-order valence-corrected chi connectivity index (χ3v) is 6.33. The van der Waals surface area contributed by atoms with Gasteiger partial charge in [-0.1, -0.05) is 43.3 Å². The van der Waals surface area contributed by atoms with Gasteiger partial charge in [-0.15, -0.1) is 0 Å². The lowest BCUT2D eigenvalue weighted by Gasteiger charge is -2.32. The monoisotopic (exact) mass is 463 g/mol. The first kappa shape index (κ1) is 25.3. The average Bonchev–Trinajstić information content (AvgIpc) is 2.75. The second-order valence-electron chi connectivity index (χ2n) is 7.71. The van der Waals surface area contributed by atoms with Crippen LogP contribution in [0.15, 0.2) is 54.6 Å². The van der Waals surface area contributed by atoms with Crippen molar-refractivity contribution in [3.63, 3.8) is 0 Å². The van der Waals surface area contributed by atoms with Gasteiger partial charge in [0.15, 0.2) is 0 Å². The van der Waals surface area contributed by atoms with E-state index >= 15 is 0 Å². The molecule has 2 amide bonds. The Morgan fingerprint density at radius 2 is 1.62 bits per heavy atom. The predicted octanol–water partition coefficient (Wildman–Crippen LogP) is 2.92. The Labute approximate surface area is 189 Å². The molecule has 0 saturated heterocycles. The lowest BCUT2D eigenvalue weighted by Crippen LogP contribution is -2.52. The largest absolute Gasteiger partial charge is 0.352 e. The molecule has 0 saturated carbocycles. The molecule has 174 valence electrons. The molecule has 0 spiro atoms. The van der Waals surface area contributed by atoms with Crippen molar-refractivity contribution in [1.29, 1.82) is 0 Å². The van der Waals surface area contributed by atoms with Gasteiger partial charge in [0.05, 0.1) is 11.9 Å². The molecule has 0 aliphatic heterocycles. The summed E-state index contributed by atoms with van der Waals surface area (Å²) in [4.78, 5) is 27.3. The summed E-state index contributed by atoms with van der Waals surface area (Å²) in [7, 11) is -3.79. The van der Waals surface area contributed by atoms with Crippen molar-refractivity contribution < 1.29 is 22.4 Å². The Balaban J connectivity index is 2.37. The normalized spacial score (nSPS) is 13.2. The smallest absolute Gasteiger partial charge is 0.244 e. The summed E-state index contributed by atoms with van der Waals surface area (Å²) in [6.45, 7) is 4.62. The molecule has 0 heterocycles. The molecule has 2 rings (SSSR count). The van der Waals surface area contributed by atoms with E-state index in [1.54, 1.807) is 43.3 Å². The van der Waals surface area contributed by atoms with E-state index in [-0.39, 0.29) is 18.2 Å². The molecule has 0 aliphatic rings. The molecular formula is C23H30FN3O4S. The van der Waals surface area contributed by atoms with E-state index in [1.807, 2.05) is 13.8 Å². The third kappa shape index (κ3) is 6.78. The number of rotatable bonds is 10. The minimum Gasteiger partial charge on any atom is -0.352 e. The maximum Gasteiger partial charge on any atom is 0.244 e. The van der Waals surface area contributed by atoms with Gasteiger partial charge in [0, 0.05) is 18.2 Å². The number of carbonyl (C=O) groups excluding carboxylic acids is 2. The molecule has 2 atom stereocenters. The van der Waals surface area contributed by atoms with Crippen LogP contribution in [0.25, 0.3) is 0 Å². The molecule has 2 aromatic rings. The van der Waals surface area contributed by atoms with E-state index in [4.69, 9.17) is 0 Å². The first-order chi connectivity index (χ1) is 15.0. The van der Waals surface area contributed by atoms with Gasteiger partial charge in [0.2, 0.25) is 21.8 Å². The third-order valence-electron chi connectivity index (χ3n) is 5.19. The van der Waals surface area contributed by atoms with Gasteiger partial charge < -0.3 is 10.2 Å². The zero-order chi connectivity index (χ0) is 23.9. The summed E-state index contributed by atoms with van der Waals surface area (Å²) >= 11 is 0. The highest BCUT2D eigenvalue weighted by Gasteiger charge is 2.30. The first-order valence-electron chi connectivity index (χ1n) is 10.4. The van der Waals surface area contributed by atoms with Crippen molar-refractivity contribution >= 4 is 27.5 Å². The highest BCUT2D eigenvalue weighted by Crippen LogP contribution is 2.19. The maximum atomic E-state index is 14.3. The number of nitrogens with one attached hydrogen (secondary N) is 1. The molecule has 2 aromatic carbocycles. The maximum absolute atomic E-state index is 14.3. The molecule has 32 heavy (non-hydrogen) atoms. The molecule has 0 aromatic heterocycles. The fourth-order valence-electron chi connectivity index (χ4n) is 3.07. The number of anilines is 1. The number of nitrogens with zero attached hydrogens (tertiary/aromatic N) is 2. The van der Waals surface area contributed by atoms with Gasteiger partial charge in [-0.25, -0.2) is 12.8 Å². The molecule has 0 fully saturated rings. The van der Waals surface area contributed by atoms with E-state index < -0.39 is 40.2 Å². The second-order valence-corrected chi connectivity index (χ2v) is 9.62. The lowest BCUT2D eigenvalue weighted by atomic mass is 10.1. The Hall–Kier alpha value is -2.94. The molecule has 0 bridgehead atoms. The van der Waals surface area contributed by atoms with Crippen molar-refractivity contribution in [2.24, 2.45) is 0 Å². The average molecular weight is 464 g/mol. The zero-order valence-corrected chi connectivity index (χ0v) is 19.6. The summed E-state index contributed by atoms with van der Waals surface area (Å²) < 4.78 is 40.1. The summed E-state index contributed by atoms with van der Waals surface area (Å²) in [5, 5.41) is 2.82. The highest BCUT2D eigenvalue weighted by atomic mass is 32.2. The molecule has 0 unspecified atom stereocenters. The van der Waals surface area contributed by atoms with Crippen molar-refractivity contribution in [2.45, 2.75) is 45.8 Å². The van der Waals surface area contributed by atoms with Crippen LogP contribution in [0.3, 0.4) is 0 Å². The van der Waals surface area contributed by atoms with E-state index in [2.05, 4.69) is 5.32 Å². The summed E-state index contributed by atoms with van der Waals surface area (Å²) in [6, 6.07) is 13.1. The zero-order valence-electron chi connectivity index (χ0n) is 18.8. The Morgan fingerprint density at radius 1 is 1.03 bits per heavy atom. The van der Waals surface area contributed by atoms with Crippen LogP contribution in [0.1, 0.15) is 32.8 Å². The topological polar surface area (TPSA) is 86.8 Å². The van der Waals surface area contributed by atoms with Crippen LogP contribution >= 0.6 is 0 Å². The minimum absolute atomic E-state index is 0.104. The van der Waals surface area contributed by atoms with Crippen LogP contribution in [-0.4, -0.2) is 50.0 Å². The first-order valence-corrected chi connectivity index (χ1v) is 12.3. The van der Waals surface area contributed by atoms with Crippen molar-refractivity contribution in [3.8, 4) is 0 Å². The van der Waals surface area contributed by atoms with Crippen molar-refractivity contribution in [1.82, 2.24) is 10.2 Å². The summed E-state index contributed by atoms with van der Waals surface area (Å²) in [6.07, 6.45) is 1.71. The van der Waals surface area contributed by atoms with E-state index in [9.17, 15) is 22.4 Å². The number of halogens is 1. The number of sulfonamides is 1. The van der Waals surface area contributed by atoms with Crippen LogP contribution in [0.4, 0.5) is 10.1 Å². The molecule has 0 radical (unpaired) electrons. The van der Waals surface area contributed by atoms with Crippen LogP contribution < -0.4 is 9.62 Å². The van der Waals surface area contributed by atoms with E-state index in [1.165, 1.54) is 23.1 Å². The van der Waals surface area contributed by atoms with Crippen LogP contribution in [0.5, 0.6) is 0 Å². The van der Waals surface area contributed by atoms with Gasteiger partial charge in [0.1, 0.15) is 18.4 Å². The lowest BCUT2D eigenvalue weighted by molar-refractivity contribution is -0.139. The predicted molar refractivity (Wildman–Crippen MR) is 123 cm³/mol. The number of hydrogen-bond acceptors (Lipinski definition) is 4. The number of para-hydroxylation sites is 1. The van der Waals surface area contributed by atoms with Gasteiger partial charge in [0.25, 0.3) is 0 Å². The molecule has 1 N–H and O–H groups in total. The number of benzene rings is 2. The summed E-state index contributed by atoms with van der Waals surface area (Å²) in [5.41, 5.74) is 0.556. The van der Waals surface area contributed by atoms with Crippen LogP contribution in [0.2, 0.25) is 0 Å². The Kier molecular flexibility index (Phi) is 8.77. The van der Waals surface area contributed by atoms with Crippen LogP contribution in [0, 0.1) is 5.82 Å². The van der Waals surface area contributed by atoms with Crippen LogP contribution in [-0.2, 0) is 26.2 Å². The van der Waals surface area contributed by atoms with E-state index in [0.29, 0.717) is 12.1 Å². The molecule has 7 nitrogen and oxygen atoms in total. The quantitative estimate of drug-likeness (QED) is 0.587.